The van der Waals surface area contributed by atoms with E-state index < -0.39 is 0 Å². The van der Waals surface area contributed by atoms with Crippen molar-refractivity contribution in [3.8, 4) is 0 Å². The molecule has 5 nitrogen and oxygen atoms in total. The molecule has 1 aromatic heterocycles. The molecule has 1 aromatic carbocycles. The Morgan fingerprint density at radius 3 is 2.74 bits per heavy atom. The van der Waals surface area contributed by atoms with Crippen LogP contribution in [0.25, 0.3) is 0 Å². The van der Waals surface area contributed by atoms with Gasteiger partial charge in [-0.2, -0.15) is 0 Å². The van der Waals surface area contributed by atoms with Crippen LogP contribution < -0.4 is 5.32 Å². The lowest BCUT2D eigenvalue weighted by Crippen LogP contribution is -2.12. The van der Waals surface area contributed by atoms with Crippen molar-refractivity contribution in [2.24, 2.45) is 0 Å². The van der Waals surface area contributed by atoms with Crippen molar-refractivity contribution < 1.29 is 9.53 Å². The van der Waals surface area contributed by atoms with Crippen LogP contribution in [0.3, 0.4) is 0 Å². The molecule has 100 valence electrons. The molecule has 0 aliphatic heterocycles. The van der Waals surface area contributed by atoms with Gasteiger partial charge in [0.05, 0.1) is 19.2 Å². The lowest BCUT2D eigenvalue weighted by molar-refractivity contribution is 0.0600. The molecule has 5 heteroatoms. The van der Waals surface area contributed by atoms with Crippen molar-refractivity contribution in [1.29, 1.82) is 0 Å². The summed E-state index contributed by atoms with van der Waals surface area (Å²) in [7, 11) is 3.27. The second-order valence-corrected chi connectivity index (χ2v) is 4.19. The number of ether oxygens (including phenoxy) is 1. The molecule has 0 amide bonds. The van der Waals surface area contributed by atoms with Crippen molar-refractivity contribution in [3.63, 3.8) is 0 Å². The number of nitrogens with one attached hydrogen (secondary N) is 1. The maximum atomic E-state index is 11.3. The second kappa shape index (κ2) is 6.15. The molecular formula is C14H17N3O2. The van der Waals surface area contributed by atoms with Crippen LogP contribution in [0, 0.1) is 0 Å². The summed E-state index contributed by atoms with van der Waals surface area (Å²) in [5.41, 5.74) is 1.68. The third-order valence-electron chi connectivity index (χ3n) is 2.86. The van der Waals surface area contributed by atoms with Gasteiger partial charge in [0.2, 0.25) is 0 Å². The van der Waals surface area contributed by atoms with Gasteiger partial charge in [0.1, 0.15) is 5.82 Å². The average Bonchev–Trinajstić information content (AvgIpc) is 2.86. The molecular weight excluding hydrogens is 242 g/mol. The van der Waals surface area contributed by atoms with Gasteiger partial charge in [-0.1, -0.05) is 12.1 Å². The highest BCUT2D eigenvalue weighted by Crippen LogP contribution is 2.09. The lowest BCUT2D eigenvalue weighted by Gasteiger charge is -2.08. The normalized spacial score (nSPS) is 10.4. The fourth-order valence-corrected chi connectivity index (χ4v) is 1.87. The molecule has 0 radical (unpaired) electrons. The van der Waals surface area contributed by atoms with Crippen LogP contribution in [0.15, 0.2) is 36.7 Å². The minimum atomic E-state index is -0.315. The summed E-state index contributed by atoms with van der Waals surface area (Å²) >= 11 is 0. The molecule has 0 atom stereocenters. The monoisotopic (exact) mass is 259 g/mol. The smallest absolute Gasteiger partial charge is 0.337 e. The minimum absolute atomic E-state index is 0.315. The summed E-state index contributed by atoms with van der Waals surface area (Å²) < 4.78 is 6.74. The molecule has 0 saturated heterocycles. The van der Waals surface area contributed by atoms with Crippen LogP contribution in [0.5, 0.6) is 0 Å². The van der Waals surface area contributed by atoms with E-state index in [4.69, 9.17) is 0 Å². The van der Waals surface area contributed by atoms with Gasteiger partial charge in [0, 0.05) is 18.9 Å². The van der Waals surface area contributed by atoms with Crippen LogP contribution in [0.1, 0.15) is 21.7 Å². The van der Waals surface area contributed by atoms with E-state index in [0.29, 0.717) is 5.56 Å². The minimum Gasteiger partial charge on any atom is -0.465 e. The largest absolute Gasteiger partial charge is 0.465 e. The van der Waals surface area contributed by atoms with Gasteiger partial charge in [-0.05, 0) is 24.7 Å². The van der Waals surface area contributed by atoms with Crippen LogP contribution in [0.2, 0.25) is 0 Å². The first-order chi connectivity index (χ1) is 9.24. The quantitative estimate of drug-likeness (QED) is 0.825. The third-order valence-corrected chi connectivity index (χ3v) is 2.86. The first-order valence-corrected chi connectivity index (χ1v) is 6.06. The molecule has 2 rings (SSSR count). The number of benzene rings is 1. The Bertz CT molecular complexity index is 546. The predicted molar refractivity (Wildman–Crippen MR) is 71.9 cm³/mol. The number of esters is 1. The Labute approximate surface area is 112 Å². The number of carbonyl (C=O) groups is 1. The summed E-state index contributed by atoms with van der Waals surface area (Å²) in [5, 5.41) is 3.08. The molecule has 0 aliphatic carbocycles. The Morgan fingerprint density at radius 1 is 1.37 bits per heavy atom. The fourth-order valence-electron chi connectivity index (χ4n) is 1.87. The number of hydrogen-bond acceptors (Lipinski definition) is 4. The summed E-state index contributed by atoms with van der Waals surface area (Å²) in [6.45, 7) is 1.46. The topological polar surface area (TPSA) is 56.2 Å². The van der Waals surface area contributed by atoms with E-state index in [-0.39, 0.29) is 5.97 Å². The summed E-state index contributed by atoms with van der Waals surface area (Å²) in [5.74, 6) is 0.671. The highest BCUT2D eigenvalue weighted by atomic mass is 16.5. The van der Waals surface area contributed by atoms with Crippen molar-refractivity contribution in [1.82, 2.24) is 14.9 Å². The van der Waals surface area contributed by atoms with Crippen molar-refractivity contribution in [2.75, 3.05) is 14.2 Å². The molecule has 0 unspecified atom stereocenters. The standard InChI is InChI=1S/C14H17N3O2/c1-15-9-13-16-7-8-17(13)10-11-3-5-12(6-4-11)14(18)19-2/h3-8,15H,9-10H2,1-2H3. The number of hydrogen-bond donors (Lipinski definition) is 1. The van der Waals surface area contributed by atoms with E-state index in [9.17, 15) is 4.79 Å². The van der Waals surface area contributed by atoms with E-state index in [1.165, 1.54) is 7.11 Å². The molecule has 1 heterocycles. The fraction of sp³-hybridized carbons (Fsp3) is 0.286. The van der Waals surface area contributed by atoms with Gasteiger partial charge >= 0.3 is 5.97 Å². The van der Waals surface area contributed by atoms with E-state index in [2.05, 4.69) is 19.6 Å². The maximum Gasteiger partial charge on any atom is 0.337 e. The van der Waals surface area contributed by atoms with Gasteiger partial charge in [0.25, 0.3) is 0 Å². The number of imidazole rings is 1. The summed E-state index contributed by atoms with van der Waals surface area (Å²) in [6, 6.07) is 7.40. The van der Waals surface area contributed by atoms with Crippen molar-refractivity contribution in [2.45, 2.75) is 13.1 Å². The number of rotatable bonds is 5. The van der Waals surface area contributed by atoms with E-state index in [0.717, 1.165) is 24.5 Å². The number of aromatic nitrogens is 2. The Balaban J connectivity index is 2.11. The average molecular weight is 259 g/mol. The van der Waals surface area contributed by atoms with E-state index in [1.54, 1.807) is 18.3 Å². The number of nitrogens with zero attached hydrogens (tertiary/aromatic N) is 2. The van der Waals surface area contributed by atoms with Crippen molar-refractivity contribution >= 4 is 5.97 Å². The van der Waals surface area contributed by atoms with Crippen LogP contribution in [0.4, 0.5) is 0 Å². The summed E-state index contributed by atoms with van der Waals surface area (Å²) in [6.07, 6.45) is 3.73. The maximum absolute atomic E-state index is 11.3. The molecule has 1 N–H and O–H groups in total. The molecule has 0 fully saturated rings. The SMILES string of the molecule is CNCc1nccn1Cc1ccc(C(=O)OC)cc1. The zero-order chi connectivity index (χ0) is 13.7. The zero-order valence-electron chi connectivity index (χ0n) is 11.1. The highest BCUT2D eigenvalue weighted by Gasteiger charge is 2.06. The molecule has 2 aromatic rings. The highest BCUT2D eigenvalue weighted by molar-refractivity contribution is 5.89. The number of methoxy groups -OCH3 is 1. The summed E-state index contributed by atoms with van der Waals surface area (Å²) in [4.78, 5) is 15.6. The van der Waals surface area contributed by atoms with E-state index in [1.807, 2.05) is 25.4 Å². The molecule has 0 aliphatic rings. The number of carbonyl (C=O) groups excluding carboxylic acids is 1. The van der Waals surface area contributed by atoms with Gasteiger partial charge in [-0.3, -0.25) is 0 Å². The van der Waals surface area contributed by atoms with Crippen LogP contribution in [-0.4, -0.2) is 29.7 Å². The van der Waals surface area contributed by atoms with Gasteiger partial charge in [0.15, 0.2) is 0 Å². The van der Waals surface area contributed by atoms with Crippen molar-refractivity contribution in [3.05, 3.63) is 53.6 Å². The lowest BCUT2D eigenvalue weighted by atomic mass is 10.1. The van der Waals surface area contributed by atoms with Gasteiger partial charge in [-0.25, -0.2) is 9.78 Å². The first-order valence-electron chi connectivity index (χ1n) is 6.06. The van der Waals surface area contributed by atoms with E-state index >= 15 is 0 Å². The molecule has 0 spiro atoms. The first kappa shape index (κ1) is 13.3. The predicted octanol–water partition coefficient (Wildman–Crippen LogP) is 1.44. The van der Waals surface area contributed by atoms with Gasteiger partial charge < -0.3 is 14.6 Å². The second-order valence-electron chi connectivity index (χ2n) is 4.19. The molecule has 19 heavy (non-hydrogen) atoms. The Hall–Kier alpha value is -2.14. The molecule has 0 bridgehead atoms. The van der Waals surface area contributed by atoms with Crippen LogP contribution in [-0.2, 0) is 17.8 Å². The molecule has 0 saturated carbocycles. The zero-order valence-corrected chi connectivity index (χ0v) is 11.1. The van der Waals surface area contributed by atoms with Crippen LogP contribution >= 0.6 is 0 Å². The van der Waals surface area contributed by atoms with Gasteiger partial charge in [-0.15, -0.1) is 0 Å². The Morgan fingerprint density at radius 2 is 2.11 bits per heavy atom. The Kier molecular flexibility index (Phi) is 4.30. The third kappa shape index (κ3) is 3.20.